The van der Waals surface area contributed by atoms with Gasteiger partial charge in [-0.1, -0.05) is 282 Å². The van der Waals surface area contributed by atoms with Crippen LogP contribution < -0.4 is 0 Å². The normalized spacial score (nSPS) is 9.79. The Balaban J connectivity index is -0.000000228. The number of isothiocyanates is 4. The van der Waals surface area contributed by atoms with Crippen LogP contribution >= 0.6 is 48.9 Å². The smallest absolute Gasteiger partial charge is 0.753 e. The molecule has 112 heavy (non-hydrogen) atoms. The van der Waals surface area contributed by atoms with Gasteiger partial charge in [0.1, 0.15) is 0 Å². The molecule has 1 radical (unpaired) electrons. The van der Waals surface area contributed by atoms with Crippen LogP contribution in [0.25, 0.3) is 77.0 Å². The molecule has 0 aliphatic carbocycles. The maximum atomic E-state index is 7.13. The van der Waals surface area contributed by atoms with E-state index in [-0.39, 0.29) is 71.3 Å². The SMILES string of the molecule is CCCC[N+](CCCC)(CCCC)CCCC.CCCC[N+](CCCC)(CCCC)CCCC.CCCC[N+](CCCC)(CCCC)CCCC.O.O.[Ir+3].[Ir+3].[Ir].[N-]=C=S.[N-]=C=S.[N-]=C=S.[N-]=C=S.[c-]1ccccc1-c1cc2ccccc2cn1.[c-]1ccccc1-c1cc2ccccc2cn1.[c-]1ccccc1-c1ccccn1. The third-order valence-corrected chi connectivity index (χ3v) is 18.7. The Bertz CT molecular complexity index is 3100. The number of hydrogen-bond donors (Lipinski definition) is 0. The molecule has 19 heteroatoms. The zero-order valence-corrected chi connectivity index (χ0v) is 80.7. The number of rotatable bonds is 39. The van der Waals surface area contributed by atoms with Gasteiger partial charge in [0, 0.05) is 38.7 Å². The van der Waals surface area contributed by atoms with Gasteiger partial charge in [0.15, 0.2) is 0 Å². The van der Waals surface area contributed by atoms with E-state index in [2.05, 4.69) is 202 Å². The second kappa shape index (κ2) is 85.4. The average molecular weight is 2140 g/mol. The van der Waals surface area contributed by atoms with E-state index >= 15 is 0 Å². The van der Waals surface area contributed by atoms with Gasteiger partial charge in [-0.05, 0) is 122 Å². The van der Waals surface area contributed by atoms with Crippen LogP contribution in [0.1, 0.15) is 237 Å². The summed E-state index contributed by atoms with van der Waals surface area (Å²) in [5.74, 6) is 0. The van der Waals surface area contributed by atoms with Crippen molar-refractivity contribution in [3.8, 4) is 33.8 Å². The fourth-order valence-corrected chi connectivity index (χ4v) is 12.6. The molecule has 5 aromatic carbocycles. The molecule has 0 amide bonds. The van der Waals surface area contributed by atoms with Crippen molar-refractivity contribution in [2.24, 2.45) is 0 Å². The summed E-state index contributed by atoms with van der Waals surface area (Å²) in [6.07, 6.45) is 38.8. The van der Waals surface area contributed by atoms with Crippen molar-refractivity contribution in [2.75, 3.05) is 78.5 Å². The first kappa shape index (κ1) is 120. The van der Waals surface area contributed by atoms with E-state index in [1.54, 1.807) is 6.20 Å². The summed E-state index contributed by atoms with van der Waals surface area (Å²) >= 11 is 14.8. The number of fused-ring (bicyclic) bond motifs is 2. The molecule has 0 unspecified atom stereocenters. The molecule has 0 aliphatic rings. The molecule has 3 aromatic heterocycles. The van der Waals surface area contributed by atoms with Gasteiger partial charge in [-0.2, -0.15) is 20.6 Å². The summed E-state index contributed by atoms with van der Waals surface area (Å²) in [7, 11) is 0. The molecule has 0 saturated carbocycles. The maximum absolute atomic E-state index is 7.13. The second-order valence-corrected chi connectivity index (χ2v) is 27.9. The quantitative estimate of drug-likeness (QED) is 0.0158. The van der Waals surface area contributed by atoms with Crippen LogP contribution in [0.5, 0.6) is 0 Å². The molecule has 0 bridgehead atoms. The molecule has 0 atom stereocenters. The first-order valence-electron chi connectivity index (χ1n) is 40.3. The summed E-state index contributed by atoms with van der Waals surface area (Å²) in [6.45, 7) is 45.1. The number of pyridine rings is 3. The van der Waals surface area contributed by atoms with E-state index in [0.717, 1.165) is 33.8 Å². The summed E-state index contributed by atoms with van der Waals surface area (Å²) < 4.78 is 4.26. The molecule has 8 aromatic rings. The number of aromatic nitrogens is 3. The van der Waals surface area contributed by atoms with Crippen LogP contribution in [0.3, 0.4) is 0 Å². The molecule has 3 heterocycles. The third kappa shape index (κ3) is 58.8. The van der Waals surface area contributed by atoms with Crippen LogP contribution in [0.2, 0.25) is 0 Å². The van der Waals surface area contributed by atoms with E-state index in [4.69, 9.17) is 21.6 Å². The van der Waals surface area contributed by atoms with Gasteiger partial charge in [-0.3, -0.25) is 0 Å². The van der Waals surface area contributed by atoms with E-state index in [9.17, 15) is 0 Å². The molecular formula is C93H140Ir3N10O2S4+2. The van der Waals surface area contributed by atoms with E-state index < -0.39 is 0 Å². The van der Waals surface area contributed by atoms with Crippen LogP contribution in [0.4, 0.5) is 0 Å². The van der Waals surface area contributed by atoms with E-state index in [1.807, 2.05) is 128 Å². The molecule has 623 valence electrons. The van der Waals surface area contributed by atoms with Gasteiger partial charge in [-0.25, -0.2) is 0 Å². The van der Waals surface area contributed by atoms with Crippen molar-refractivity contribution in [1.82, 2.24) is 15.0 Å². The zero-order valence-electron chi connectivity index (χ0n) is 70.2. The fraction of sp³-hybridized carbons (Fsp3) is 0.516. The van der Waals surface area contributed by atoms with Crippen molar-refractivity contribution in [3.05, 3.63) is 210 Å². The monoisotopic (exact) mass is 2140 g/mol. The van der Waals surface area contributed by atoms with Gasteiger partial charge < -0.3 is 61.0 Å². The first-order valence-corrected chi connectivity index (χ1v) is 42.0. The zero-order chi connectivity index (χ0) is 79.6. The van der Waals surface area contributed by atoms with Gasteiger partial charge >= 0.3 is 40.2 Å². The fourth-order valence-electron chi connectivity index (χ4n) is 12.6. The summed E-state index contributed by atoms with van der Waals surface area (Å²) in [6, 6.07) is 59.7. The van der Waals surface area contributed by atoms with E-state index in [0.29, 0.717) is 0 Å². The van der Waals surface area contributed by atoms with E-state index in [1.165, 1.54) is 288 Å². The van der Waals surface area contributed by atoms with Crippen LogP contribution in [0, 0.1) is 18.2 Å². The largest absolute Gasteiger partial charge is 3.00 e. The molecule has 0 aliphatic heterocycles. The number of benzene rings is 5. The predicted octanol–water partition coefficient (Wildman–Crippen LogP) is 25.9. The number of hydrogen-bond acceptors (Lipinski definition) is 7. The Morgan fingerprint density at radius 1 is 0.286 bits per heavy atom. The van der Waals surface area contributed by atoms with Gasteiger partial charge in [0.25, 0.3) is 0 Å². The predicted molar refractivity (Wildman–Crippen MR) is 490 cm³/mol. The first-order chi connectivity index (χ1) is 52.2. The summed E-state index contributed by atoms with van der Waals surface area (Å²) in [4.78, 5) is 13.1. The van der Waals surface area contributed by atoms with Crippen molar-refractivity contribution >= 4 is 91.1 Å². The topological polar surface area (TPSA) is 191 Å². The van der Waals surface area contributed by atoms with Crippen LogP contribution in [-0.2, 0) is 60.3 Å². The maximum Gasteiger partial charge on any atom is 3.00 e. The third-order valence-electron chi connectivity index (χ3n) is 18.7. The number of thiocarbonyl (C=S) groups is 4. The number of quaternary nitrogens is 3. The van der Waals surface area contributed by atoms with Gasteiger partial charge in [0.2, 0.25) is 0 Å². The molecule has 8 rings (SSSR count). The minimum atomic E-state index is 0. The molecule has 4 N–H and O–H groups in total. The standard InChI is InChI=1S/3C16H36N.2C15H10N.C11H8N.4CNS.3Ir.2H2O/c3*1-5-9-13-17(14-10-6-2,15-11-7-3)16-12-8-4;2*1-2-6-12(7-3-1)15-10-13-8-4-5-9-14(13)11-16-15;1-2-6-10(7-3-1)11-8-4-5-9-12-11;4*2-1-3;;;;;/h3*5-16H2,1-4H3;2*1-6,8-11H;1-6,8-9H;;;;;;;;2*1H2/q3*+1;7*-1;;2*+3;;. The minimum Gasteiger partial charge on any atom is -0.753 e. The Hall–Kier alpha value is -4.98. The summed E-state index contributed by atoms with van der Waals surface area (Å²) in [5.41, 5.74) is 6.02. The van der Waals surface area contributed by atoms with Crippen molar-refractivity contribution in [2.45, 2.75) is 237 Å². The van der Waals surface area contributed by atoms with Crippen molar-refractivity contribution in [3.63, 3.8) is 0 Å². The number of unbranched alkanes of at least 4 members (excludes halogenated alkanes) is 12. The molecule has 0 saturated heterocycles. The Morgan fingerprint density at radius 3 is 0.670 bits per heavy atom. The average Bonchev–Trinajstić information content (AvgIpc) is 0.832. The van der Waals surface area contributed by atoms with Crippen molar-refractivity contribution < 1.29 is 84.7 Å². The minimum absolute atomic E-state index is 0. The number of nitrogens with zero attached hydrogens (tertiary/aromatic N) is 10. The van der Waals surface area contributed by atoms with Gasteiger partial charge in [-0.15, -0.1) is 108 Å². The van der Waals surface area contributed by atoms with Crippen LogP contribution in [0.15, 0.2) is 170 Å². The Kier molecular flexibility index (Phi) is 91.7. The summed E-state index contributed by atoms with van der Waals surface area (Å²) in [5, 5.41) is 38.6. The molecule has 12 nitrogen and oxygen atoms in total. The Labute approximate surface area is 743 Å². The second-order valence-electron chi connectivity index (χ2n) is 27.2. The Morgan fingerprint density at radius 2 is 0.482 bits per heavy atom. The van der Waals surface area contributed by atoms with Crippen LogP contribution in [-0.4, -0.2) is 139 Å². The molecule has 0 fully saturated rings. The molecule has 0 spiro atoms. The van der Waals surface area contributed by atoms with Crippen molar-refractivity contribution in [1.29, 1.82) is 0 Å². The molecular weight excluding hydrogens is 1990 g/mol. The van der Waals surface area contributed by atoms with Gasteiger partial charge in [0.05, 0.1) is 78.5 Å².